The highest BCUT2D eigenvalue weighted by atomic mass is 16.5. The van der Waals surface area contributed by atoms with Crippen molar-refractivity contribution in [2.24, 2.45) is 5.73 Å². The van der Waals surface area contributed by atoms with Gasteiger partial charge in [0, 0.05) is 5.56 Å². The van der Waals surface area contributed by atoms with Crippen LogP contribution in [0.4, 0.5) is 0 Å². The van der Waals surface area contributed by atoms with Crippen molar-refractivity contribution in [3.63, 3.8) is 0 Å². The number of benzene rings is 2. The van der Waals surface area contributed by atoms with Gasteiger partial charge in [0.1, 0.15) is 11.5 Å². The van der Waals surface area contributed by atoms with E-state index in [2.05, 4.69) is 0 Å². The molecule has 0 fully saturated rings. The molecular formula is C15H17NO2. The Morgan fingerprint density at radius 2 is 1.67 bits per heavy atom. The zero-order valence-corrected chi connectivity index (χ0v) is 10.3. The van der Waals surface area contributed by atoms with Crippen molar-refractivity contribution < 1.29 is 9.84 Å². The maximum Gasteiger partial charge on any atom is 0.132 e. The SMILES string of the molecule is CC(N)(CO)c1ccccc1Oc1ccccc1. The minimum atomic E-state index is -0.814. The monoisotopic (exact) mass is 243 g/mol. The van der Waals surface area contributed by atoms with Crippen LogP contribution in [0.3, 0.4) is 0 Å². The normalized spacial score (nSPS) is 13.9. The minimum absolute atomic E-state index is 0.137. The van der Waals surface area contributed by atoms with E-state index in [1.807, 2.05) is 54.6 Å². The molecule has 18 heavy (non-hydrogen) atoms. The summed E-state index contributed by atoms with van der Waals surface area (Å²) < 4.78 is 5.81. The van der Waals surface area contributed by atoms with Crippen molar-refractivity contribution in [2.75, 3.05) is 6.61 Å². The zero-order valence-electron chi connectivity index (χ0n) is 10.3. The molecule has 3 N–H and O–H groups in total. The summed E-state index contributed by atoms with van der Waals surface area (Å²) in [6.45, 7) is 1.64. The lowest BCUT2D eigenvalue weighted by Crippen LogP contribution is -2.37. The van der Waals surface area contributed by atoms with Crippen LogP contribution in [-0.4, -0.2) is 11.7 Å². The predicted octanol–water partition coefficient (Wildman–Crippen LogP) is 2.65. The Morgan fingerprint density at radius 1 is 1.06 bits per heavy atom. The van der Waals surface area contributed by atoms with E-state index in [9.17, 15) is 5.11 Å². The fourth-order valence-corrected chi connectivity index (χ4v) is 1.73. The summed E-state index contributed by atoms with van der Waals surface area (Å²) in [6, 6.07) is 17.0. The van der Waals surface area contributed by atoms with Crippen LogP contribution in [-0.2, 0) is 5.54 Å². The number of hydrogen-bond donors (Lipinski definition) is 2. The molecule has 2 rings (SSSR count). The number of nitrogens with two attached hydrogens (primary N) is 1. The van der Waals surface area contributed by atoms with Gasteiger partial charge in [-0.2, -0.15) is 0 Å². The highest BCUT2D eigenvalue weighted by Crippen LogP contribution is 2.31. The van der Waals surface area contributed by atoms with Crippen LogP contribution in [0.2, 0.25) is 0 Å². The summed E-state index contributed by atoms with van der Waals surface area (Å²) >= 11 is 0. The molecule has 0 aromatic heterocycles. The minimum Gasteiger partial charge on any atom is -0.457 e. The van der Waals surface area contributed by atoms with E-state index in [1.54, 1.807) is 6.92 Å². The predicted molar refractivity (Wildman–Crippen MR) is 71.6 cm³/mol. The summed E-state index contributed by atoms with van der Waals surface area (Å²) in [5.74, 6) is 1.42. The standard InChI is InChI=1S/C15H17NO2/c1-15(16,11-17)13-9-5-6-10-14(13)18-12-7-3-2-4-8-12/h2-10,17H,11,16H2,1H3. The van der Waals surface area contributed by atoms with E-state index in [1.165, 1.54) is 0 Å². The molecular weight excluding hydrogens is 226 g/mol. The third-order valence-corrected chi connectivity index (χ3v) is 2.80. The first-order valence-electron chi connectivity index (χ1n) is 5.85. The Balaban J connectivity index is 2.34. The summed E-state index contributed by atoms with van der Waals surface area (Å²) in [6.07, 6.45) is 0. The first-order chi connectivity index (χ1) is 8.63. The summed E-state index contributed by atoms with van der Waals surface area (Å²) in [5.41, 5.74) is 6.04. The molecule has 3 heteroatoms. The zero-order chi connectivity index (χ0) is 13.0. The van der Waals surface area contributed by atoms with Gasteiger partial charge >= 0.3 is 0 Å². The van der Waals surface area contributed by atoms with Crippen LogP contribution < -0.4 is 10.5 Å². The fraction of sp³-hybridized carbons (Fsp3) is 0.200. The molecule has 0 bridgehead atoms. The Hall–Kier alpha value is -1.84. The van der Waals surface area contributed by atoms with Crippen molar-refractivity contribution in [3.8, 4) is 11.5 Å². The van der Waals surface area contributed by atoms with Gasteiger partial charge in [-0.1, -0.05) is 36.4 Å². The van der Waals surface area contributed by atoms with Crippen LogP contribution in [0, 0.1) is 0 Å². The molecule has 3 nitrogen and oxygen atoms in total. The third kappa shape index (κ3) is 2.70. The van der Waals surface area contributed by atoms with Crippen LogP contribution in [0.5, 0.6) is 11.5 Å². The molecule has 0 aliphatic heterocycles. The molecule has 1 atom stereocenters. The van der Waals surface area contributed by atoms with E-state index >= 15 is 0 Å². The molecule has 94 valence electrons. The van der Waals surface area contributed by atoms with E-state index in [-0.39, 0.29) is 6.61 Å². The molecule has 1 unspecified atom stereocenters. The summed E-state index contributed by atoms with van der Waals surface area (Å²) in [4.78, 5) is 0. The van der Waals surface area contributed by atoms with Crippen molar-refractivity contribution in [1.29, 1.82) is 0 Å². The van der Waals surface area contributed by atoms with Crippen LogP contribution in [0.25, 0.3) is 0 Å². The average Bonchev–Trinajstić information content (AvgIpc) is 2.40. The number of hydrogen-bond acceptors (Lipinski definition) is 3. The molecule has 0 amide bonds. The number of aliphatic hydroxyl groups excluding tert-OH is 1. The summed E-state index contributed by atoms with van der Waals surface area (Å²) in [7, 11) is 0. The van der Waals surface area contributed by atoms with Crippen molar-refractivity contribution in [3.05, 3.63) is 60.2 Å². The third-order valence-electron chi connectivity index (χ3n) is 2.80. The highest BCUT2D eigenvalue weighted by molar-refractivity contribution is 5.41. The molecule has 0 aliphatic rings. The quantitative estimate of drug-likeness (QED) is 0.868. The van der Waals surface area contributed by atoms with Gasteiger partial charge < -0.3 is 15.6 Å². The van der Waals surface area contributed by atoms with Gasteiger partial charge in [0.05, 0.1) is 12.1 Å². The molecule has 0 aliphatic carbocycles. The topological polar surface area (TPSA) is 55.5 Å². The second-order valence-electron chi connectivity index (χ2n) is 4.49. The van der Waals surface area contributed by atoms with Gasteiger partial charge in [0.25, 0.3) is 0 Å². The average molecular weight is 243 g/mol. The number of para-hydroxylation sites is 2. The lowest BCUT2D eigenvalue weighted by molar-refractivity contribution is 0.207. The van der Waals surface area contributed by atoms with E-state index in [4.69, 9.17) is 10.5 Å². The Labute approximate surface area is 107 Å². The number of aliphatic hydroxyl groups is 1. The van der Waals surface area contributed by atoms with Gasteiger partial charge in [-0.3, -0.25) is 0 Å². The van der Waals surface area contributed by atoms with E-state index < -0.39 is 5.54 Å². The van der Waals surface area contributed by atoms with Gasteiger partial charge in [0.15, 0.2) is 0 Å². The van der Waals surface area contributed by atoms with Crippen LogP contribution in [0.15, 0.2) is 54.6 Å². The lowest BCUT2D eigenvalue weighted by Gasteiger charge is -2.24. The first kappa shape index (κ1) is 12.6. The maximum atomic E-state index is 9.36. The molecule has 2 aromatic rings. The van der Waals surface area contributed by atoms with Gasteiger partial charge in [-0.25, -0.2) is 0 Å². The number of rotatable bonds is 4. The number of ether oxygens (including phenoxy) is 1. The smallest absolute Gasteiger partial charge is 0.132 e. The van der Waals surface area contributed by atoms with Crippen molar-refractivity contribution in [1.82, 2.24) is 0 Å². The van der Waals surface area contributed by atoms with Gasteiger partial charge in [0.2, 0.25) is 0 Å². The van der Waals surface area contributed by atoms with Crippen molar-refractivity contribution in [2.45, 2.75) is 12.5 Å². The largest absolute Gasteiger partial charge is 0.457 e. The molecule has 0 spiro atoms. The Kier molecular flexibility index (Phi) is 3.65. The van der Waals surface area contributed by atoms with Gasteiger partial charge in [-0.05, 0) is 25.1 Å². The summed E-state index contributed by atoms with van der Waals surface area (Å²) in [5, 5.41) is 9.36. The fourth-order valence-electron chi connectivity index (χ4n) is 1.73. The van der Waals surface area contributed by atoms with Crippen molar-refractivity contribution >= 4 is 0 Å². The van der Waals surface area contributed by atoms with Crippen LogP contribution in [0.1, 0.15) is 12.5 Å². The molecule has 2 aromatic carbocycles. The first-order valence-corrected chi connectivity index (χ1v) is 5.85. The Bertz CT molecular complexity index is 509. The van der Waals surface area contributed by atoms with E-state index in [0.29, 0.717) is 5.75 Å². The second-order valence-corrected chi connectivity index (χ2v) is 4.49. The molecule has 0 saturated heterocycles. The lowest BCUT2D eigenvalue weighted by atomic mass is 9.93. The highest BCUT2D eigenvalue weighted by Gasteiger charge is 2.24. The molecule has 0 heterocycles. The molecule has 0 radical (unpaired) electrons. The maximum absolute atomic E-state index is 9.36. The molecule has 0 saturated carbocycles. The van der Waals surface area contributed by atoms with Gasteiger partial charge in [-0.15, -0.1) is 0 Å². The van der Waals surface area contributed by atoms with E-state index in [0.717, 1.165) is 11.3 Å². The second kappa shape index (κ2) is 5.21. The Morgan fingerprint density at radius 3 is 2.33 bits per heavy atom. The van der Waals surface area contributed by atoms with Crippen LogP contribution >= 0.6 is 0 Å².